The molecule has 3 rings (SSSR count). The average Bonchev–Trinajstić information content (AvgIpc) is 2.64. The summed E-state index contributed by atoms with van der Waals surface area (Å²) in [6.45, 7) is 1.36. The average molecular weight is 341 g/mol. The minimum absolute atomic E-state index is 0.544. The Morgan fingerprint density at radius 1 is 1.04 bits per heavy atom. The van der Waals surface area contributed by atoms with Crippen LogP contribution in [0.1, 0.15) is 0 Å². The first kappa shape index (κ1) is 16.1. The molecule has 2 heterocycles. The van der Waals surface area contributed by atoms with Gasteiger partial charge in [0.2, 0.25) is 5.95 Å². The molecule has 24 heavy (non-hydrogen) atoms. The van der Waals surface area contributed by atoms with Gasteiger partial charge < -0.3 is 10.2 Å². The lowest BCUT2D eigenvalue weighted by Crippen LogP contribution is -2.26. The van der Waals surface area contributed by atoms with Crippen molar-refractivity contribution in [1.82, 2.24) is 20.2 Å². The Bertz CT molecular complexity index is 782. The number of aromatic nitrogens is 4. The van der Waals surface area contributed by atoms with Gasteiger partial charge in [-0.05, 0) is 12.1 Å². The van der Waals surface area contributed by atoms with Gasteiger partial charge in [-0.2, -0.15) is 0 Å². The van der Waals surface area contributed by atoms with E-state index in [0.29, 0.717) is 29.9 Å². The third-order valence-corrected chi connectivity index (χ3v) is 3.74. The standard InChI is InChI=1S/C17H17ClN6/c1-24(17-20-8-5-9-21-17)11-10-19-16-14(18)12-15(22-23-16)13-6-3-2-4-7-13/h2-9,12H,10-11H2,1H3,(H,19,23). The molecule has 3 aromatic rings. The molecule has 122 valence electrons. The summed E-state index contributed by atoms with van der Waals surface area (Å²) in [7, 11) is 1.93. The zero-order chi connectivity index (χ0) is 16.8. The van der Waals surface area contributed by atoms with E-state index in [9.17, 15) is 0 Å². The first-order chi connectivity index (χ1) is 11.7. The van der Waals surface area contributed by atoms with Crippen LogP contribution in [0.15, 0.2) is 54.9 Å². The molecule has 6 nitrogen and oxygen atoms in total. The maximum Gasteiger partial charge on any atom is 0.225 e. The lowest BCUT2D eigenvalue weighted by molar-refractivity contribution is 0.860. The molecule has 0 amide bonds. The predicted molar refractivity (Wildman–Crippen MR) is 96.3 cm³/mol. The maximum atomic E-state index is 6.31. The topological polar surface area (TPSA) is 66.8 Å². The number of anilines is 2. The van der Waals surface area contributed by atoms with E-state index < -0.39 is 0 Å². The number of hydrogen-bond donors (Lipinski definition) is 1. The van der Waals surface area contributed by atoms with Crippen LogP contribution in [0.25, 0.3) is 11.3 Å². The smallest absolute Gasteiger partial charge is 0.225 e. The molecule has 2 aromatic heterocycles. The summed E-state index contributed by atoms with van der Waals surface area (Å²) in [5.41, 5.74) is 1.74. The fourth-order valence-corrected chi connectivity index (χ4v) is 2.38. The summed E-state index contributed by atoms with van der Waals surface area (Å²) in [6, 6.07) is 13.4. The minimum Gasteiger partial charge on any atom is -0.366 e. The summed E-state index contributed by atoms with van der Waals surface area (Å²) in [5, 5.41) is 12.1. The van der Waals surface area contributed by atoms with E-state index in [1.165, 1.54) is 0 Å². The second-order valence-electron chi connectivity index (χ2n) is 5.19. The molecule has 0 aliphatic heterocycles. The molecule has 0 aliphatic rings. The Kier molecular flexibility index (Phi) is 5.18. The molecule has 0 atom stereocenters. The van der Waals surface area contributed by atoms with Crippen LogP contribution in [0.5, 0.6) is 0 Å². The van der Waals surface area contributed by atoms with E-state index in [1.807, 2.05) is 48.3 Å². The van der Waals surface area contributed by atoms with Crippen molar-refractivity contribution in [2.45, 2.75) is 0 Å². The van der Waals surface area contributed by atoms with Crippen LogP contribution in [0, 0.1) is 0 Å². The molecule has 0 spiro atoms. The van der Waals surface area contributed by atoms with Gasteiger partial charge in [-0.15, -0.1) is 10.2 Å². The van der Waals surface area contributed by atoms with Crippen molar-refractivity contribution in [3.8, 4) is 11.3 Å². The zero-order valence-electron chi connectivity index (χ0n) is 13.2. The molecule has 7 heteroatoms. The van der Waals surface area contributed by atoms with E-state index in [1.54, 1.807) is 18.5 Å². The van der Waals surface area contributed by atoms with Crippen LogP contribution < -0.4 is 10.2 Å². The molecule has 0 aliphatic carbocycles. The van der Waals surface area contributed by atoms with Crippen LogP contribution in [0.2, 0.25) is 5.02 Å². The second kappa shape index (κ2) is 7.70. The van der Waals surface area contributed by atoms with E-state index >= 15 is 0 Å². The molecule has 0 fully saturated rings. The highest BCUT2D eigenvalue weighted by atomic mass is 35.5. The van der Waals surface area contributed by atoms with Gasteiger partial charge in [0.05, 0.1) is 10.7 Å². The normalized spacial score (nSPS) is 10.4. The largest absolute Gasteiger partial charge is 0.366 e. The molecule has 0 bridgehead atoms. The third-order valence-electron chi connectivity index (χ3n) is 3.45. The minimum atomic E-state index is 0.544. The number of nitrogens with zero attached hydrogens (tertiary/aromatic N) is 5. The van der Waals surface area contributed by atoms with Crippen molar-refractivity contribution in [3.05, 3.63) is 59.9 Å². The van der Waals surface area contributed by atoms with Crippen molar-refractivity contribution < 1.29 is 0 Å². The molecule has 0 unspecified atom stereocenters. The Morgan fingerprint density at radius 3 is 2.50 bits per heavy atom. The molecule has 1 N–H and O–H groups in total. The van der Waals surface area contributed by atoms with E-state index in [2.05, 4.69) is 25.5 Å². The van der Waals surface area contributed by atoms with Crippen LogP contribution in [0.3, 0.4) is 0 Å². The quantitative estimate of drug-likeness (QED) is 0.743. The Labute approximate surface area is 145 Å². The highest BCUT2D eigenvalue weighted by Crippen LogP contribution is 2.24. The van der Waals surface area contributed by atoms with Crippen LogP contribution in [-0.4, -0.2) is 40.3 Å². The van der Waals surface area contributed by atoms with E-state index in [-0.39, 0.29) is 0 Å². The van der Waals surface area contributed by atoms with E-state index in [4.69, 9.17) is 11.6 Å². The molecule has 0 saturated carbocycles. The first-order valence-electron chi connectivity index (χ1n) is 7.55. The Hall–Kier alpha value is -2.73. The molecule has 1 aromatic carbocycles. The summed E-state index contributed by atoms with van der Waals surface area (Å²) >= 11 is 6.31. The molecule has 0 radical (unpaired) electrons. The van der Waals surface area contributed by atoms with Gasteiger partial charge in [-0.1, -0.05) is 41.9 Å². The first-order valence-corrected chi connectivity index (χ1v) is 7.92. The zero-order valence-corrected chi connectivity index (χ0v) is 14.0. The number of nitrogens with one attached hydrogen (secondary N) is 1. The van der Waals surface area contributed by atoms with Crippen LogP contribution in [-0.2, 0) is 0 Å². The van der Waals surface area contributed by atoms with Crippen molar-refractivity contribution in [1.29, 1.82) is 0 Å². The summed E-state index contributed by atoms with van der Waals surface area (Å²) in [4.78, 5) is 10.4. The number of halogens is 1. The summed E-state index contributed by atoms with van der Waals surface area (Å²) in [6.07, 6.45) is 3.44. The number of benzene rings is 1. The van der Waals surface area contributed by atoms with Crippen molar-refractivity contribution in [2.75, 3.05) is 30.4 Å². The van der Waals surface area contributed by atoms with Gasteiger partial charge in [-0.25, -0.2) is 9.97 Å². The van der Waals surface area contributed by atoms with Crippen molar-refractivity contribution >= 4 is 23.4 Å². The van der Waals surface area contributed by atoms with Gasteiger partial charge in [0.25, 0.3) is 0 Å². The molecular formula is C17H17ClN6. The van der Waals surface area contributed by atoms with Gasteiger partial charge in [0.1, 0.15) is 0 Å². The lowest BCUT2D eigenvalue weighted by atomic mass is 10.1. The van der Waals surface area contributed by atoms with Gasteiger partial charge in [0.15, 0.2) is 5.82 Å². The maximum absolute atomic E-state index is 6.31. The predicted octanol–water partition coefficient (Wildman–Crippen LogP) is 3.14. The lowest BCUT2D eigenvalue weighted by Gasteiger charge is -2.17. The summed E-state index contributed by atoms with van der Waals surface area (Å²) < 4.78 is 0. The van der Waals surface area contributed by atoms with Gasteiger partial charge >= 0.3 is 0 Å². The third kappa shape index (κ3) is 3.97. The second-order valence-corrected chi connectivity index (χ2v) is 5.60. The fraction of sp³-hybridized carbons (Fsp3) is 0.176. The molecular weight excluding hydrogens is 324 g/mol. The Morgan fingerprint density at radius 2 is 1.79 bits per heavy atom. The van der Waals surface area contributed by atoms with Crippen LogP contribution >= 0.6 is 11.6 Å². The monoisotopic (exact) mass is 340 g/mol. The highest BCUT2D eigenvalue weighted by Gasteiger charge is 2.08. The number of hydrogen-bond acceptors (Lipinski definition) is 6. The van der Waals surface area contributed by atoms with Crippen LogP contribution in [0.4, 0.5) is 11.8 Å². The van der Waals surface area contributed by atoms with E-state index in [0.717, 1.165) is 11.3 Å². The summed E-state index contributed by atoms with van der Waals surface area (Å²) in [5.74, 6) is 1.25. The van der Waals surface area contributed by atoms with Crippen molar-refractivity contribution in [2.24, 2.45) is 0 Å². The fourth-order valence-electron chi connectivity index (χ4n) is 2.17. The van der Waals surface area contributed by atoms with Gasteiger partial charge in [0, 0.05) is 38.1 Å². The molecule has 0 saturated heterocycles. The number of rotatable bonds is 6. The highest BCUT2D eigenvalue weighted by molar-refractivity contribution is 6.33. The van der Waals surface area contributed by atoms with Gasteiger partial charge in [-0.3, -0.25) is 0 Å². The number of likely N-dealkylation sites (N-methyl/N-ethyl adjacent to an activating group) is 1. The SMILES string of the molecule is CN(CCNc1nnc(-c2ccccc2)cc1Cl)c1ncccn1. The van der Waals surface area contributed by atoms with Crippen molar-refractivity contribution in [3.63, 3.8) is 0 Å². The Balaban J connectivity index is 1.60.